The van der Waals surface area contributed by atoms with Crippen molar-refractivity contribution in [3.8, 4) is 0 Å². The predicted molar refractivity (Wildman–Crippen MR) is 87.4 cm³/mol. The third kappa shape index (κ3) is 5.30. The maximum absolute atomic E-state index is 5.61. The molecule has 1 aliphatic heterocycles. The highest BCUT2D eigenvalue weighted by Crippen LogP contribution is 2.24. The first-order valence-electron chi connectivity index (χ1n) is 7.59. The fraction of sp³-hybridized carbons (Fsp3) is 0.667. The molecule has 0 bridgehead atoms. The van der Waals surface area contributed by atoms with Gasteiger partial charge in [-0.1, -0.05) is 6.42 Å². The number of nitrogens with one attached hydrogen (secondary N) is 2. The first-order chi connectivity index (χ1) is 10.3. The molecule has 5 nitrogen and oxygen atoms in total. The Hall–Kier alpha value is -1.11. The average molecular weight is 311 g/mol. The van der Waals surface area contributed by atoms with Crippen LogP contribution in [0.5, 0.6) is 0 Å². The van der Waals surface area contributed by atoms with Crippen molar-refractivity contribution < 1.29 is 9.15 Å². The SMILES string of the molecule is COCCNC(=S)NC[C@H](c1ccco1)N1CCCCC1. The maximum atomic E-state index is 5.61. The molecule has 0 spiro atoms. The normalized spacial score (nSPS) is 17.4. The number of hydrogen-bond acceptors (Lipinski definition) is 4. The van der Waals surface area contributed by atoms with E-state index < -0.39 is 0 Å². The van der Waals surface area contributed by atoms with E-state index in [4.69, 9.17) is 21.4 Å². The molecule has 2 N–H and O–H groups in total. The van der Waals surface area contributed by atoms with Crippen LogP contribution in [0.4, 0.5) is 0 Å². The number of ether oxygens (including phenoxy) is 1. The molecule has 0 radical (unpaired) electrons. The lowest BCUT2D eigenvalue weighted by atomic mass is 10.1. The first kappa shape index (κ1) is 16.3. The zero-order chi connectivity index (χ0) is 14.9. The van der Waals surface area contributed by atoms with Crippen molar-refractivity contribution in [2.75, 3.05) is 39.9 Å². The van der Waals surface area contributed by atoms with E-state index in [-0.39, 0.29) is 6.04 Å². The number of thiocarbonyl (C=S) groups is 1. The molecule has 6 heteroatoms. The molecule has 118 valence electrons. The minimum Gasteiger partial charge on any atom is -0.468 e. The van der Waals surface area contributed by atoms with Gasteiger partial charge in [0.2, 0.25) is 0 Å². The molecular weight excluding hydrogens is 286 g/mol. The Morgan fingerprint density at radius 3 is 2.86 bits per heavy atom. The van der Waals surface area contributed by atoms with Crippen LogP contribution >= 0.6 is 12.2 Å². The molecular formula is C15H25N3O2S. The largest absolute Gasteiger partial charge is 0.468 e. The van der Waals surface area contributed by atoms with Crippen molar-refractivity contribution in [2.45, 2.75) is 25.3 Å². The molecule has 0 aromatic carbocycles. The lowest BCUT2D eigenvalue weighted by molar-refractivity contribution is 0.146. The smallest absolute Gasteiger partial charge is 0.166 e. The Bertz CT molecular complexity index is 405. The van der Waals surface area contributed by atoms with E-state index in [9.17, 15) is 0 Å². The van der Waals surface area contributed by atoms with Gasteiger partial charge in [0.05, 0.1) is 18.9 Å². The average Bonchev–Trinajstić information content (AvgIpc) is 3.03. The molecule has 1 aromatic heterocycles. The minimum absolute atomic E-state index is 0.238. The first-order valence-corrected chi connectivity index (χ1v) is 8.00. The Labute approximate surface area is 132 Å². The second-order valence-electron chi connectivity index (χ2n) is 5.26. The summed E-state index contributed by atoms with van der Waals surface area (Å²) in [6.45, 7) is 4.37. The van der Waals surface area contributed by atoms with Gasteiger partial charge >= 0.3 is 0 Å². The Balaban J connectivity index is 1.86. The highest BCUT2D eigenvalue weighted by atomic mass is 32.1. The molecule has 0 aliphatic carbocycles. The van der Waals surface area contributed by atoms with Gasteiger partial charge in [0.15, 0.2) is 5.11 Å². The third-order valence-corrected chi connectivity index (χ3v) is 4.04. The number of rotatable bonds is 7. The van der Waals surface area contributed by atoms with Gasteiger partial charge in [-0.05, 0) is 50.3 Å². The summed E-state index contributed by atoms with van der Waals surface area (Å²) >= 11 is 5.29. The van der Waals surface area contributed by atoms with E-state index in [1.165, 1.54) is 19.3 Å². The monoisotopic (exact) mass is 311 g/mol. The van der Waals surface area contributed by atoms with E-state index >= 15 is 0 Å². The number of hydrogen-bond donors (Lipinski definition) is 2. The third-order valence-electron chi connectivity index (χ3n) is 3.75. The van der Waals surface area contributed by atoms with Crippen LogP contribution in [0, 0.1) is 0 Å². The second-order valence-corrected chi connectivity index (χ2v) is 5.67. The van der Waals surface area contributed by atoms with E-state index in [0.717, 1.165) is 31.9 Å². The zero-order valence-corrected chi connectivity index (χ0v) is 13.5. The summed E-state index contributed by atoms with van der Waals surface area (Å²) in [6, 6.07) is 4.23. The molecule has 0 unspecified atom stereocenters. The summed E-state index contributed by atoms with van der Waals surface area (Å²) in [5.74, 6) is 1.00. The number of furan rings is 1. The van der Waals surface area contributed by atoms with Gasteiger partial charge in [-0.2, -0.15) is 0 Å². The fourth-order valence-corrected chi connectivity index (χ4v) is 2.82. The highest BCUT2D eigenvalue weighted by Gasteiger charge is 2.24. The lowest BCUT2D eigenvalue weighted by Crippen LogP contribution is -2.44. The number of nitrogens with zero attached hydrogens (tertiary/aromatic N) is 1. The van der Waals surface area contributed by atoms with Crippen LogP contribution in [0.15, 0.2) is 22.8 Å². The van der Waals surface area contributed by atoms with E-state index in [1.807, 2.05) is 12.1 Å². The van der Waals surface area contributed by atoms with Crippen LogP contribution in [-0.2, 0) is 4.74 Å². The molecule has 0 amide bonds. The number of likely N-dealkylation sites (tertiary alicyclic amines) is 1. The fourth-order valence-electron chi connectivity index (χ4n) is 2.64. The zero-order valence-electron chi connectivity index (χ0n) is 12.6. The van der Waals surface area contributed by atoms with Gasteiger partial charge in [-0.15, -0.1) is 0 Å². The summed E-state index contributed by atoms with van der Waals surface area (Å²) < 4.78 is 10.6. The van der Waals surface area contributed by atoms with Crippen molar-refractivity contribution in [1.29, 1.82) is 0 Å². The highest BCUT2D eigenvalue weighted by molar-refractivity contribution is 7.80. The quantitative estimate of drug-likeness (QED) is 0.593. The van der Waals surface area contributed by atoms with Gasteiger partial charge < -0.3 is 19.8 Å². The molecule has 1 aliphatic rings. The van der Waals surface area contributed by atoms with Gasteiger partial charge in [-0.3, -0.25) is 4.90 Å². The van der Waals surface area contributed by atoms with Crippen LogP contribution in [0.3, 0.4) is 0 Å². The molecule has 1 saturated heterocycles. The number of methoxy groups -OCH3 is 1. The van der Waals surface area contributed by atoms with Gasteiger partial charge in [0.25, 0.3) is 0 Å². The molecule has 1 aromatic rings. The van der Waals surface area contributed by atoms with E-state index in [2.05, 4.69) is 15.5 Å². The summed E-state index contributed by atoms with van der Waals surface area (Å²) in [7, 11) is 1.68. The molecule has 2 heterocycles. The van der Waals surface area contributed by atoms with Crippen LogP contribution in [0.25, 0.3) is 0 Å². The van der Waals surface area contributed by atoms with Crippen molar-refractivity contribution in [3.63, 3.8) is 0 Å². The lowest BCUT2D eigenvalue weighted by Gasteiger charge is -2.33. The number of piperidine rings is 1. The van der Waals surface area contributed by atoms with Crippen molar-refractivity contribution in [3.05, 3.63) is 24.2 Å². The van der Waals surface area contributed by atoms with Crippen LogP contribution in [0.1, 0.15) is 31.1 Å². The molecule has 21 heavy (non-hydrogen) atoms. The summed E-state index contributed by atoms with van der Waals surface area (Å²) in [6.07, 6.45) is 5.58. The van der Waals surface area contributed by atoms with Crippen LogP contribution in [-0.4, -0.2) is 49.9 Å². The molecule has 0 saturated carbocycles. The van der Waals surface area contributed by atoms with Crippen molar-refractivity contribution in [1.82, 2.24) is 15.5 Å². The molecule has 1 fully saturated rings. The van der Waals surface area contributed by atoms with E-state index in [0.29, 0.717) is 11.7 Å². The van der Waals surface area contributed by atoms with E-state index in [1.54, 1.807) is 13.4 Å². The molecule has 1 atom stereocenters. The predicted octanol–water partition coefficient (Wildman–Crippen LogP) is 1.92. The van der Waals surface area contributed by atoms with Crippen molar-refractivity contribution >= 4 is 17.3 Å². The van der Waals surface area contributed by atoms with Crippen molar-refractivity contribution in [2.24, 2.45) is 0 Å². The topological polar surface area (TPSA) is 49.7 Å². The summed E-state index contributed by atoms with van der Waals surface area (Å²) in [5, 5.41) is 7.09. The van der Waals surface area contributed by atoms with Gasteiger partial charge in [0, 0.05) is 20.2 Å². The minimum atomic E-state index is 0.238. The second kappa shape index (κ2) is 9.02. The maximum Gasteiger partial charge on any atom is 0.166 e. The standard InChI is InChI=1S/C15H25N3O2S/c1-19-11-7-16-15(21)17-12-13(14-6-5-10-20-14)18-8-3-2-4-9-18/h5-6,10,13H,2-4,7-9,11-12H2,1H3,(H2,16,17,21)/t13-/m1/s1. The summed E-state index contributed by atoms with van der Waals surface area (Å²) in [5.41, 5.74) is 0. The van der Waals surface area contributed by atoms with Gasteiger partial charge in [0.1, 0.15) is 5.76 Å². The van der Waals surface area contributed by atoms with Crippen LogP contribution < -0.4 is 10.6 Å². The Kier molecular flexibility index (Phi) is 6.99. The Morgan fingerprint density at radius 1 is 1.38 bits per heavy atom. The molecule has 2 rings (SSSR count). The van der Waals surface area contributed by atoms with Gasteiger partial charge in [-0.25, -0.2) is 0 Å². The summed E-state index contributed by atoms with van der Waals surface area (Å²) in [4.78, 5) is 2.48. The van der Waals surface area contributed by atoms with Crippen LogP contribution in [0.2, 0.25) is 0 Å². The Morgan fingerprint density at radius 2 is 2.19 bits per heavy atom.